The van der Waals surface area contributed by atoms with Crippen LogP contribution in [-0.2, 0) is 0 Å². The molecule has 0 amide bonds. The summed E-state index contributed by atoms with van der Waals surface area (Å²) in [4.78, 5) is 0. The topological polar surface area (TPSA) is 0 Å². The lowest BCUT2D eigenvalue weighted by molar-refractivity contribution is 0.601. The lowest BCUT2D eigenvalue weighted by Gasteiger charge is -2.16. The summed E-state index contributed by atoms with van der Waals surface area (Å²) in [5.74, 6) is 0. The SMILES string of the molecule is CCC[C](C)(C)[Al]. The second-order valence-corrected chi connectivity index (χ2v) is 4.30. The van der Waals surface area contributed by atoms with E-state index in [1.165, 1.54) is 12.8 Å². The van der Waals surface area contributed by atoms with Gasteiger partial charge in [-0.3, -0.25) is 0 Å². The molecule has 0 fully saturated rings. The van der Waals surface area contributed by atoms with Gasteiger partial charge in [0.15, 0.2) is 0 Å². The van der Waals surface area contributed by atoms with E-state index in [2.05, 4.69) is 37.1 Å². The van der Waals surface area contributed by atoms with Gasteiger partial charge in [-0.15, -0.1) is 4.28 Å². The summed E-state index contributed by atoms with van der Waals surface area (Å²) < 4.78 is 0.467. The Morgan fingerprint density at radius 3 is 1.86 bits per heavy atom. The third-order valence-electron chi connectivity index (χ3n) is 0.894. The number of hydrogen-bond donors (Lipinski definition) is 0. The maximum Gasteiger partial charge on any atom is 0.128 e. The van der Waals surface area contributed by atoms with E-state index in [-0.39, 0.29) is 0 Å². The Labute approximate surface area is 54.7 Å². The summed E-state index contributed by atoms with van der Waals surface area (Å²) in [5.41, 5.74) is 0. The second kappa shape index (κ2) is 2.75. The normalized spacial score (nSPS) is 11.9. The maximum atomic E-state index is 2.84. The van der Waals surface area contributed by atoms with Crippen LogP contribution in [-0.4, -0.2) is 16.3 Å². The summed E-state index contributed by atoms with van der Waals surface area (Å²) in [7, 11) is 0. The Morgan fingerprint density at radius 1 is 1.43 bits per heavy atom. The average molecular weight is 112 g/mol. The predicted molar refractivity (Wildman–Crippen MR) is 34.7 cm³/mol. The van der Waals surface area contributed by atoms with E-state index in [0.29, 0.717) is 4.28 Å². The largest absolute Gasteiger partial charge is 0.128 e. The summed E-state index contributed by atoms with van der Waals surface area (Å²) >= 11 is 2.84. The Balaban J connectivity index is 3.15. The molecule has 0 spiro atoms. The van der Waals surface area contributed by atoms with Crippen molar-refractivity contribution < 1.29 is 0 Å². The van der Waals surface area contributed by atoms with E-state index in [1.807, 2.05) is 0 Å². The highest BCUT2D eigenvalue weighted by Gasteiger charge is 2.04. The van der Waals surface area contributed by atoms with Crippen molar-refractivity contribution in [2.45, 2.75) is 37.9 Å². The van der Waals surface area contributed by atoms with E-state index < -0.39 is 0 Å². The minimum absolute atomic E-state index is 0.467. The van der Waals surface area contributed by atoms with Crippen LogP contribution in [0.15, 0.2) is 0 Å². The van der Waals surface area contributed by atoms with Crippen LogP contribution in [0.4, 0.5) is 0 Å². The van der Waals surface area contributed by atoms with Crippen molar-refractivity contribution in [3.8, 4) is 0 Å². The van der Waals surface area contributed by atoms with Gasteiger partial charge in [0.25, 0.3) is 0 Å². The lowest BCUT2D eigenvalue weighted by atomic mass is 10.1. The molecule has 2 radical (unpaired) electrons. The minimum atomic E-state index is 0.467. The first-order valence-electron chi connectivity index (χ1n) is 2.85. The molecule has 0 saturated heterocycles. The van der Waals surface area contributed by atoms with Crippen molar-refractivity contribution in [3.05, 3.63) is 0 Å². The molecule has 0 aromatic heterocycles. The fraction of sp³-hybridized carbons (Fsp3) is 1.00. The maximum absolute atomic E-state index is 2.84. The molecule has 0 aromatic rings. The first-order chi connectivity index (χ1) is 3.06. The molecule has 0 aliphatic rings. The van der Waals surface area contributed by atoms with Gasteiger partial charge in [-0.05, 0) is 0 Å². The van der Waals surface area contributed by atoms with Crippen molar-refractivity contribution in [1.29, 1.82) is 0 Å². The van der Waals surface area contributed by atoms with Gasteiger partial charge in [-0.25, -0.2) is 0 Å². The highest BCUT2D eigenvalue weighted by atomic mass is 27.0. The van der Waals surface area contributed by atoms with Crippen LogP contribution in [0.2, 0.25) is 4.28 Å². The molecule has 1 heteroatoms. The van der Waals surface area contributed by atoms with Gasteiger partial charge in [0.05, 0.1) is 0 Å². The Kier molecular flexibility index (Phi) is 2.96. The molecule has 0 aromatic carbocycles. The molecule has 0 unspecified atom stereocenters. The summed E-state index contributed by atoms with van der Waals surface area (Å²) in [5, 5.41) is 0. The molecule has 0 N–H and O–H groups in total. The molecule has 0 atom stereocenters. The van der Waals surface area contributed by atoms with Gasteiger partial charge >= 0.3 is 0 Å². The summed E-state index contributed by atoms with van der Waals surface area (Å²) in [6, 6.07) is 0. The zero-order valence-corrected chi connectivity index (χ0v) is 6.65. The monoisotopic (exact) mass is 112 g/mol. The van der Waals surface area contributed by atoms with E-state index in [0.717, 1.165) is 0 Å². The first-order valence-corrected chi connectivity index (χ1v) is 3.43. The fourth-order valence-corrected chi connectivity index (χ4v) is 0.933. The van der Waals surface area contributed by atoms with E-state index in [1.54, 1.807) is 0 Å². The molecule has 0 heterocycles. The molecule has 0 aliphatic heterocycles. The molecule has 0 aliphatic carbocycles. The van der Waals surface area contributed by atoms with Crippen molar-refractivity contribution in [1.82, 2.24) is 0 Å². The van der Waals surface area contributed by atoms with Gasteiger partial charge in [0.1, 0.15) is 16.3 Å². The first kappa shape index (κ1) is 7.53. The Bertz CT molecular complexity index is 42.6. The minimum Gasteiger partial charge on any atom is -0.102 e. The molecule has 7 heavy (non-hydrogen) atoms. The van der Waals surface area contributed by atoms with Gasteiger partial charge in [0, 0.05) is 0 Å². The molecule has 0 bridgehead atoms. The third kappa shape index (κ3) is 6.53. The zero-order valence-electron chi connectivity index (χ0n) is 5.49. The van der Waals surface area contributed by atoms with Crippen molar-refractivity contribution in [2.24, 2.45) is 0 Å². The van der Waals surface area contributed by atoms with Crippen LogP contribution in [0.3, 0.4) is 0 Å². The molecule has 40 valence electrons. The molecular formula is C6H13Al. The number of rotatable bonds is 2. The highest BCUT2D eigenvalue weighted by molar-refractivity contribution is 6.14. The third-order valence-corrected chi connectivity index (χ3v) is 1.18. The molecule has 0 saturated carbocycles. The molecule has 0 nitrogen and oxygen atoms in total. The Morgan fingerprint density at radius 2 is 1.86 bits per heavy atom. The van der Waals surface area contributed by atoms with Crippen molar-refractivity contribution in [3.63, 3.8) is 0 Å². The predicted octanol–water partition coefficient (Wildman–Crippen LogP) is 2.15. The smallest absolute Gasteiger partial charge is 0.102 e. The Hall–Kier alpha value is 0.532. The number of hydrogen-bond acceptors (Lipinski definition) is 0. The van der Waals surface area contributed by atoms with E-state index in [4.69, 9.17) is 0 Å². The average Bonchev–Trinajstić information content (AvgIpc) is 1.30. The van der Waals surface area contributed by atoms with Crippen LogP contribution >= 0.6 is 0 Å². The van der Waals surface area contributed by atoms with Gasteiger partial charge in [0.2, 0.25) is 0 Å². The van der Waals surface area contributed by atoms with Crippen molar-refractivity contribution >= 4 is 16.3 Å². The van der Waals surface area contributed by atoms with Gasteiger partial charge < -0.3 is 0 Å². The van der Waals surface area contributed by atoms with Crippen LogP contribution in [0, 0.1) is 0 Å². The summed E-state index contributed by atoms with van der Waals surface area (Å²) in [6.45, 7) is 6.69. The molecular weight excluding hydrogens is 99.0 g/mol. The van der Waals surface area contributed by atoms with Crippen LogP contribution in [0.1, 0.15) is 33.6 Å². The van der Waals surface area contributed by atoms with E-state index >= 15 is 0 Å². The molecule has 0 rings (SSSR count). The fourth-order valence-electron chi connectivity index (χ4n) is 0.644. The van der Waals surface area contributed by atoms with Crippen LogP contribution in [0.25, 0.3) is 0 Å². The van der Waals surface area contributed by atoms with Crippen LogP contribution in [0.5, 0.6) is 0 Å². The van der Waals surface area contributed by atoms with Gasteiger partial charge in [-0.1, -0.05) is 33.6 Å². The quantitative estimate of drug-likeness (QED) is 0.480. The van der Waals surface area contributed by atoms with E-state index in [9.17, 15) is 0 Å². The highest BCUT2D eigenvalue weighted by Crippen LogP contribution is 2.24. The standard InChI is InChI=1S/C6H13.Al/c1-4-5-6(2)3;/h4-5H2,1-3H3;. The van der Waals surface area contributed by atoms with Crippen LogP contribution < -0.4 is 0 Å². The van der Waals surface area contributed by atoms with Gasteiger partial charge in [-0.2, -0.15) is 0 Å². The summed E-state index contributed by atoms with van der Waals surface area (Å²) in [6.07, 6.45) is 2.59. The zero-order chi connectivity index (χ0) is 5.91. The van der Waals surface area contributed by atoms with Crippen molar-refractivity contribution in [2.75, 3.05) is 0 Å². The second-order valence-electron chi connectivity index (χ2n) is 2.74. The lowest BCUT2D eigenvalue weighted by Crippen LogP contribution is -1.99.